The van der Waals surface area contributed by atoms with Crippen LogP contribution in [0.3, 0.4) is 0 Å². The van der Waals surface area contributed by atoms with Gasteiger partial charge in [-0.1, -0.05) is 30.7 Å². The van der Waals surface area contributed by atoms with Gasteiger partial charge in [0.15, 0.2) is 0 Å². The molecule has 1 amide bonds. The van der Waals surface area contributed by atoms with E-state index in [0.29, 0.717) is 24.2 Å². The van der Waals surface area contributed by atoms with E-state index in [1.807, 2.05) is 17.0 Å². The van der Waals surface area contributed by atoms with Crippen LogP contribution >= 0.6 is 0 Å². The van der Waals surface area contributed by atoms with E-state index in [1.54, 1.807) is 31.4 Å². The molecule has 0 saturated carbocycles. The average Bonchev–Trinajstić information content (AvgIpc) is 2.99. The largest absolute Gasteiger partial charge is 0.497 e. The van der Waals surface area contributed by atoms with Crippen LogP contribution in [0.15, 0.2) is 48.5 Å². The van der Waals surface area contributed by atoms with E-state index in [1.165, 1.54) is 12.7 Å². The number of benzene rings is 2. The van der Waals surface area contributed by atoms with Gasteiger partial charge in [0.2, 0.25) is 0 Å². The molecule has 1 aliphatic rings. The molecule has 1 heterocycles. The van der Waals surface area contributed by atoms with Crippen molar-refractivity contribution >= 4 is 11.9 Å². The smallest absolute Gasteiger partial charge is 0.338 e. The lowest BCUT2D eigenvalue weighted by atomic mass is 9.94. The zero-order chi connectivity index (χ0) is 19.2. The summed E-state index contributed by atoms with van der Waals surface area (Å²) >= 11 is 0. The van der Waals surface area contributed by atoms with Gasteiger partial charge in [0.1, 0.15) is 5.75 Å². The molecule has 1 unspecified atom stereocenters. The summed E-state index contributed by atoms with van der Waals surface area (Å²) in [5.41, 5.74) is 1.92. The predicted octanol–water partition coefficient (Wildman–Crippen LogP) is 3.89. The summed E-state index contributed by atoms with van der Waals surface area (Å²) in [5, 5.41) is 0. The third-order valence-electron chi connectivity index (χ3n) is 5.11. The molecule has 1 saturated heterocycles. The number of esters is 1. The third-order valence-corrected chi connectivity index (χ3v) is 5.11. The van der Waals surface area contributed by atoms with Crippen molar-refractivity contribution in [2.45, 2.75) is 25.2 Å². The molecule has 5 heteroatoms. The first-order chi connectivity index (χ1) is 13.1. The van der Waals surface area contributed by atoms with Crippen molar-refractivity contribution in [3.05, 3.63) is 65.2 Å². The number of hydrogen-bond acceptors (Lipinski definition) is 4. The van der Waals surface area contributed by atoms with Crippen molar-refractivity contribution in [3.63, 3.8) is 0 Å². The molecule has 0 N–H and O–H groups in total. The first-order valence-corrected chi connectivity index (χ1v) is 9.24. The second-order valence-corrected chi connectivity index (χ2v) is 6.75. The Morgan fingerprint density at radius 1 is 0.963 bits per heavy atom. The molecule has 0 radical (unpaired) electrons. The van der Waals surface area contributed by atoms with Gasteiger partial charge in [-0.15, -0.1) is 0 Å². The number of hydrogen-bond donors (Lipinski definition) is 0. The highest BCUT2D eigenvalue weighted by Crippen LogP contribution is 2.29. The van der Waals surface area contributed by atoms with Gasteiger partial charge in [0.05, 0.1) is 25.3 Å². The van der Waals surface area contributed by atoms with E-state index >= 15 is 0 Å². The van der Waals surface area contributed by atoms with Crippen LogP contribution < -0.4 is 4.74 Å². The minimum Gasteiger partial charge on any atom is -0.497 e. The van der Waals surface area contributed by atoms with Crippen LogP contribution in [0.25, 0.3) is 0 Å². The molecule has 1 atom stereocenters. The molecule has 27 heavy (non-hydrogen) atoms. The first kappa shape index (κ1) is 19.0. The molecule has 0 aromatic heterocycles. The Kier molecular flexibility index (Phi) is 6.12. The maximum atomic E-state index is 13.2. The van der Waals surface area contributed by atoms with Gasteiger partial charge in [-0.25, -0.2) is 4.79 Å². The maximum absolute atomic E-state index is 13.2. The molecule has 142 valence electrons. The molecule has 0 spiro atoms. The lowest BCUT2D eigenvalue weighted by Crippen LogP contribution is -2.35. The summed E-state index contributed by atoms with van der Waals surface area (Å²) in [6.45, 7) is 1.33. The maximum Gasteiger partial charge on any atom is 0.338 e. The van der Waals surface area contributed by atoms with Crippen molar-refractivity contribution < 1.29 is 19.1 Å². The Hall–Kier alpha value is -2.82. The van der Waals surface area contributed by atoms with Gasteiger partial charge in [-0.2, -0.15) is 0 Å². The summed E-state index contributed by atoms with van der Waals surface area (Å²) in [6, 6.07) is 14.9. The zero-order valence-corrected chi connectivity index (χ0v) is 15.8. The molecule has 2 aromatic rings. The van der Waals surface area contributed by atoms with Crippen LogP contribution in [0.5, 0.6) is 5.75 Å². The summed E-state index contributed by atoms with van der Waals surface area (Å²) in [6.07, 6.45) is 3.06. The van der Waals surface area contributed by atoms with Crippen LogP contribution in [-0.2, 0) is 4.74 Å². The molecule has 0 bridgehead atoms. The Labute approximate surface area is 159 Å². The SMILES string of the molecule is COC(=O)c1ccccc1C(=O)N1CCCCC(c2ccc(OC)cc2)C1. The number of carbonyl (C=O) groups is 2. The normalized spacial score (nSPS) is 17.1. The molecule has 1 aliphatic heterocycles. The molecule has 2 aromatic carbocycles. The van der Waals surface area contributed by atoms with Gasteiger partial charge in [-0.05, 0) is 42.7 Å². The van der Waals surface area contributed by atoms with E-state index in [2.05, 4.69) is 12.1 Å². The number of likely N-dealkylation sites (tertiary alicyclic amines) is 1. The van der Waals surface area contributed by atoms with Gasteiger partial charge in [0.25, 0.3) is 5.91 Å². The van der Waals surface area contributed by atoms with E-state index < -0.39 is 5.97 Å². The van der Waals surface area contributed by atoms with E-state index in [-0.39, 0.29) is 11.8 Å². The van der Waals surface area contributed by atoms with E-state index in [0.717, 1.165) is 25.0 Å². The number of rotatable bonds is 4. The van der Waals surface area contributed by atoms with Crippen molar-refractivity contribution in [1.29, 1.82) is 0 Å². The average molecular weight is 367 g/mol. The highest BCUT2D eigenvalue weighted by molar-refractivity contribution is 6.05. The van der Waals surface area contributed by atoms with Crippen molar-refractivity contribution in [1.82, 2.24) is 4.90 Å². The molecule has 5 nitrogen and oxygen atoms in total. The first-order valence-electron chi connectivity index (χ1n) is 9.24. The van der Waals surface area contributed by atoms with Gasteiger partial charge in [0, 0.05) is 19.0 Å². The fourth-order valence-electron chi connectivity index (χ4n) is 3.60. The van der Waals surface area contributed by atoms with Crippen LogP contribution in [0.4, 0.5) is 0 Å². The zero-order valence-electron chi connectivity index (χ0n) is 15.8. The van der Waals surface area contributed by atoms with Crippen LogP contribution in [0, 0.1) is 0 Å². The van der Waals surface area contributed by atoms with E-state index in [9.17, 15) is 9.59 Å². The number of nitrogens with zero attached hydrogens (tertiary/aromatic N) is 1. The van der Waals surface area contributed by atoms with Crippen LogP contribution in [-0.4, -0.2) is 44.1 Å². The molecule has 1 fully saturated rings. The lowest BCUT2D eigenvalue weighted by Gasteiger charge is -2.25. The van der Waals surface area contributed by atoms with Crippen molar-refractivity contribution in [2.75, 3.05) is 27.3 Å². The third kappa shape index (κ3) is 4.30. The standard InChI is InChI=1S/C22H25NO4/c1-26-18-12-10-16(11-13-18)17-7-5-6-14-23(15-17)21(24)19-8-3-4-9-20(19)22(25)27-2/h3-4,8-13,17H,5-7,14-15H2,1-2H3. The minimum absolute atomic E-state index is 0.114. The van der Waals surface area contributed by atoms with Gasteiger partial charge >= 0.3 is 5.97 Å². The van der Waals surface area contributed by atoms with Gasteiger partial charge in [-0.3, -0.25) is 4.79 Å². The van der Waals surface area contributed by atoms with Gasteiger partial charge < -0.3 is 14.4 Å². The summed E-state index contributed by atoms with van der Waals surface area (Å²) < 4.78 is 10.1. The molecule has 0 aliphatic carbocycles. The fourth-order valence-corrected chi connectivity index (χ4v) is 3.60. The fraction of sp³-hybridized carbons (Fsp3) is 0.364. The number of methoxy groups -OCH3 is 2. The van der Waals surface area contributed by atoms with Crippen molar-refractivity contribution in [2.24, 2.45) is 0 Å². The quantitative estimate of drug-likeness (QED) is 0.769. The summed E-state index contributed by atoms with van der Waals surface area (Å²) in [4.78, 5) is 27.1. The molecular weight excluding hydrogens is 342 g/mol. The Morgan fingerprint density at radius 2 is 1.67 bits per heavy atom. The minimum atomic E-state index is -0.486. The van der Waals surface area contributed by atoms with Crippen LogP contribution in [0.2, 0.25) is 0 Å². The Morgan fingerprint density at radius 3 is 2.33 bits per heavy atom. The Bertz CT molecular complexity index is 800. The second-order valence-electron chi connectivity index (χ2n) is 6.75. The molecular formula is C22H25NO4. The Balaban J connectivity index is 1.83. The summed E-state index contributed by atoms with van der Waals surface area (Å²) in [7, 11) is 2.98. The highest BCUT2D eigenvalue weighted by atomic mass is 16.5. The lowest BCUT2D eigenvalue weighted by molar-refractivity contribution is 0.0590. The predicted molar refractivity (Wildman–Crippen MR) is 103 cm³/mol. The number of carbonyl (C=O) groups excluding carboxylic acids is 2. The number of amides is 1. The van der Waals surface area contributed by atoms with Crippen molar-refractivity contribution in [3.8, 4) is 5.75 Å². The van der Waals surface area contributed by atoms with Crippen LogP contribution in [0.1, 0.15) is 51.5 Å². The van der Waals surface area contributed by atoms with E-state index in [4.69, 9.17) is 9.47 Å². The number of ether oxygens (including phenoxy) is 2. The topological polar surface area (TPSA) is 55.8 Å². The molecule has 3 rings (SSSR count). The highest BCUT2D eigenvalue weighted by Gasteiger charge is 2.26. The summed E-state index contributed by atoms with van der Waals surface area (Å²) in [5.74, 6) is 0.497. The second kappa shape index (κ2) is 8.71. The monoisotopic (exact) mass is 367 g/mol.